The van der Waals surface area contributed by atoms with Gasteiger partial charge in [0.2, 0.25) is 5.91 Å². The number of hydrogen-bond acceptors (Lipinski definition) is 4. The van der Waals surface area contributed by atoms with Crippen molar-refractivity contribution in [3.8, 4) is 12.1 Å². The molecule has 1 saturated heterocycles. The number of amides is 1. The number of nitrogens with one attached hydrogen (secondary N) is 1. The molecule has 98 valence electrons. The molecule has 0 saturated carbocycles. The monoisotopic (exact) mass is 248 g/mol. The first kappa shape index (κ1) is 14.5. The second kappa shape index (κ2) is 8.49. The molecule has 1 aliphatic heterocycles. The Morgan fingerprint density at radius 3 is 2.44 bits per heavy atom. The van der Waals surface area contributed by atoms with Crippen LogP contribution in [0, 0.1) is 22.7 Å². The smallest absolute Gasteiger partial charge is 0.239 e. The average Bonchev–Trinajstić information content (AvgIpc) is 2.67. The molecule has 1 aliphatic rings. The molecule has 0 aliphatic carbocycles. The van der Waals surface area contributed by atoms with E-state index in [-0.39, 0.29) is 11.9 Å². The summed E-state index contributed by atoms with van der Waals surface area (Å²) >= 11 is 0. The first-order valence-electron chi connectivity index (χ1n) is 6.55. The van der Waals surface area contributed by atoms with E-state index in [0.717, 1.165) is 32.2 Å². The van der Waals surface area contributed by atoms with E-state index in [9.17, 15) is 4.79 Å². The van der Waals surface area contributed by atoms with Crippen molar-refractivity contribution < 1.29 is 4.79 Å². The van der Waals surface area contributed by atoms with Gasteiger partial charge < -0.3 is 10.2 Å². The van der Waals surface area contributed by atoms with Crippen molar-refractivity contribution in [3.63, 3.8) is 0 Å². The van der Waals surface area contributed by atoms with E-state index >= 15 is 0 Å². The highest BCUT2D eigenvalue weighted by molar-refractivity contribution is 5.82. The molecule has 1 fully saturated rings. The predicted octanol–water partition coefficient (Wildman–Crippen LogP) is 1.17. The summed E-state index contributed by atoms with van der Waals surface area (Å²) in [6.07, 6.45) is 4.84. The van der Waals surface area contributed by atoms with Gasteiger partial charge in [-0.2, -0.15) is 10.5 Å². The van der Waals surface area contributed by atoms with Crippen LogP contribution in [0.15, 0.2) is 0 Å². The molecule has 1 unspecified atom stereocenters. The molecule has 0 bridgehead atoms. The van der Waals surface area contributed by atoms with Crippen LogP contribution in [-0.4, -0.2) is 36.5 Å². The fourth-order valence-electron chi connectivity index (χ4n) is 2.16. The third kappa shape index (κ3) is 4.73. The minimum Gasteiger partial charge on any atom is -0.339 e. The van der Waals surface area contributed by atoms with Crippen LogP contribution in [0.3, 0.4) is 0 Å². The molecule has 0 aromatic rings. The quantitative estimate of drug-likeness (QED) is 0.792. The molecular weight excluding hydrogens is 228 g/mol. The van der Waals surface area contributed by atoms with Crippen molar-refractivity contribution in [1.29, 1.82) is 10.5 Å². The molecule has 1 rings (SSSR count). The fourth-order valence-corrected chi connectivity index (χ4v) is 2.16. The minimum atomic E-state index is -0.134. The van der Waals surface area contributed by atoms with Gasteiger partial charge in [-0.1, -0.05) is 12.8 Å². The maximum atomic E-state index is 12.3. The molecule has 5 heteroatoms. The molecule has 0 spiro atoms. The van der Waals surface area contributed by atoms with Crippen molar-refractivity contribution >= 4 is 5.91 Å². The van der Waals surface area contributed by atoms with E-state index in [1.165, 1.54) is 0 Å². The molecule has 1 amide bonds. The van der Waals surface area contributed by atoms with Crippen molar-refractivity contribution in [2.45, 2.75) is 44.6 Å². The summed E-state index contributed by atoms with van der Waals surface area (Å²) in [5.74, 6) is 0.0439. The van der Waals surface area contributed by atoms with Crippen molar-refractivity contribution in [1.82, 2.24) is 10.2 Å². The van der Waals surface area contributed by atoms with Crippen LogP contribution in [0.2, 0.25) is 0 Å². The van der Waals surface area contributed by atoms with Gasteiger partial charge in [-0.25, -0.2) is 0 Å². The van der Waals surface area contributed by atoms with Crippen LogP contribution in [0.5, 0.6) is 0 Å². The van der Waals surface area contributed by atoms with E-state index in [4.69, 9.17) is 10.5 Å². The standard InChI is InChI=1S/C13H20N4O/c14-7-4-10-17(11-5-8-15)13(18)12-6-2-1-3-9-16-12/h12,16H,1-6,9-11H2. The first-order chi connectivity index (χ1) is 8.79. The van der Waals surface area contributed by atoms with Gasteiger partial charge in [-0.05, 0) is 19.4 Å². The number of nitrogens with zero attached hydrogens (tertiary/aromatic N) is 3. The Balaban J connectivity index is 2.55. The van der Waals surface area contributed by atoms with Gasteiger partial charge in [0.15, 0.2) is 0 Å². The highest BCUT2D eigenvalue weighted by Crippen LogP contribution is 2.11. The zero-order valence-electron chi connectivity index (χ0n) is 10.7. The van der Waals surface area contributed by atoms with Gasteiger partial charge in [0.25, 0.3) is 0 Å². The molecule has 0 aromatic heterocycles. The van der Waals surface area contributed by atoms with Crippen molar-refractivity contribution in [3.05, 3.63) is 0 Å². The molecule has 18 heavy (non-hydrogen) atoms. The number of rotatable bonds is 5. The van der Waals surface area contributed by atoms with E-state index in [1.54, 1.807) is 4.90 Å². The van der Waals surface area contributed by atoms with Crippen molar-refractivity contribution in [2.75, 3.05) is 19.6 Å². The lowest BCUT2D eigenvalue weighted by atomic mass is 10.1. The van der Waals surface area contributed by atoms with E-state index in [0.29, 0.717) is 25.9 Å². The third-order valence-electron chi connectivity index (χ3n) is 3.16. The summed E-state index contributed by atoms with van der Waals surface area (Å²) < 4.78 is 0. The molecule has 1 N–H and O–H groups in total. The van der Waals surface area contributed by atoms with Gasteiger partial charge >= 0.3 is 0 Å². The second-order valence-corrected chi connectivity index (χ2v) is 4.50. The Bertz CT molecular complexity index is 316. The van der Waals surface area contributed by atoms with Crippen LogP contribution >= 0.6 is 0 Å². The normalized spacial score (nSPS) is 19.3. The zero-order valence-corrected chi connectivity index (χ0v) is 10.7. The Labute approximate surface area is 108 Å². The number of hydrogen-bond donors (Lipinski definition) is 1. The van der Waals surface area contributed by atoms with Crippen LogP contribution in [0.4, 0.5) is 0 Å². The highest BCUT2D eigenvalue weighted by atomic mass is 16.2. The van der Waals surface area contributed by atoms with Gasteiger partial charge in [0, 0.05) is 13.1 Å². The van der Waals surface area contributed by atoms with Crippen LogP contribution < -0.4 is 5.32 Å². The van der Waals surface area contributed by atoms with Crippen LogP contribution in [0.1, 0.15) is 38.5 Å². The highest BCUT2D eigenvalue weighted by Gasteiger charge is 2.24. The lowest BCUT2D eigenvalue weighted by molar-refractivity contribution is -0.133. The summed E-state index contributed by atoms with van der Waals surface area (Å²) in [7, 11) is 0. The van der Waals surface area contributed by atoms with Crippen molar-refractivity contribution in [2.24, 2.45) is 0 Å². The Kier molecular flexibility index (Phi) is 6.83. The maximum Gasteiger partial charge on any atom is 0.239 e. The number of nitriles is 2. The summed E-state index contributed by atoms with van der Waals surface area (Å²) in [4.78, 5) is 14.0. The lowest BCUT2D eigenvalue weighted by Gasteiger charge is -2.25. The predicted molar refractivity (Wildman–Crippen MR) is 67.3 cm³/mol. The fraction of sp³-hybridized carbons (Fsp3) is 0.769. The third-order valence-corrected chi connectivity index (χ3v) is 3.16. The van der Waals surface area contributed by atoms with Crippen LogP contribution in [-0.2, 0) is 4.79 Å². The van der Waals surface area contributed by atoms with E-state index in [2.05, 4.69) is 5.32 Å². The second-order valence-electron chi connectivity index (χ2n) is 4.50. The average molecular weight is 248 g/mol. The van der Waals surface area contributed by atoms with E-state index in [1.807, 2.05) is 12.1 Å². The summed E-state index contributed by atoms with van der Waals surface area (Å²) in [6, 6.07) is 3.96. The van der Waals surface area contributed by atoms with Crippen LogP contribution in [0.25, 0.3) is 0 Å². The molecule has 0 radical (unpaired) electrons. The first-order valence-corrected chi connectivity index (χ1v) is 6.55. The minimum absolute atomic E-state index is 0.0439. The van der Waals surface area contributed by atoms with Gasteiger partial charge in [-0.15, -0.1) is 0 Å². The Hall–Kier alpha value is -1.59. The summed E-state index contributed by atoms with van der Waals surface area (Å²) in [6.45, 7) is 1.73. The lowest BCUT2D eigenvalue weighted by Crippen LogP contribution is -2.46. The molecule has 1 heterocycles. The Morgan fingerprint density at radius 1 is 1.17 bits per heavy atom. The van der Waals surface area contributed by atoms with Gasteiger partial charge in [-0.3, -0.25) is 4.79 Å². The van der Waals surface area contributed by atoms with Gasteiger partial charge in [0.1, 0.15) is 0 Å². The zero-order chi connectivity index (χ0) is 13.2. The van der Waals surface area contributed by atoms with E-state index < -0.39 is 0 Å². The number of carbonyl (C=O) groups is 1. The number of carbonyl (C=O) groups excluding carboxylic acids is 1. The maximum absolute atomic E-state index is 12.3. The Morgan fingerprint density at radius 2 is 1.83 bits per heavy atom. The molecular formula is C13H20N4O. The van der Waals surface area contributed by atoms with Gasteiger partial charge in [0.05, 0.1) is 31.0 Å². The molecule has 0 aromatic carbocycles. The molecule has 1 atom stereocenters. The largest absolute Gasteiger partial charge is 0.339 e. The summed E-state index contributed by atoms with van der Waals surface area (Å²) in [5.41, 5.74) is 0. The topological polar surface area (TPSA) is 79.9 Å². The molecule has 5 nitrogen and oxygen atoms in total. The summed E-state index contributed by atoms with van der Waals surface area (Å²) in [5, 5.41) is 20.5. The SMILES string of the molecule is N#CCCN(CCC#N)C(=O)C1CCCCCN1.